The van der Waals surface area contributed by atoms with Crippen LogP contribution in [0.25, 0.3) is 10.9 Å². The first-order valence-electron chi connectivity index (χ1n) is 14.1. The molecule has 2 heterocycles. The number of rotatable bonds is 10. The van der Waals surface area contributed by atoms with Crippen LogP contribution in [0.2, 0.25) is 24.2 Å². The number of nitrogens with one attached hydrogen (secondary N) is 2. The number of benzene rings is 2. The van der Waals surface area contributed by atoms with E-state index in [2.05, 4.69) is 23.1 Å². The van der Waals surface area contributed by atoms with Gasteiger partial charge in [0.15, 0.2) is 5.78 Å². The minimum absolute atomic E-state index is 0.0383. The lowest BCUT2D eigenvalue weighted by Crippen LogP contribution is -2.46. The van der Waals surface area contributed by atoms with Gasteiger partial charge in [0.1, 0.15) is 24.2 Å². The minimum Gasteiger partial charge on any atom is -0.476 e. The summed E-state index contributed by atoms with van der Waals surface area (Å²) in [6, 6.07) is 9.21. The molecule has 1 fully saturated rings. The normalized spacial score (nSPS) is 16.7. The van der Waals surface area contributed by atoms with E-state index in [4.69, 9.17) is 16.3 Å². The van der Waals surface area contributed by atoms with Crippen LogP contribution in [0.1, 0.15) is 43.6 Å². The Morgan fingerprint density at radius 1 is 1.16 bits per heavy atom. The second-order valence-electron chi connectivity index (χ2n) is 13.0. The number of sulfonamides is 1. The summed E-state index contributed by atoms with van der Waals surface area (Å²) < 4.78 is 49.0. The Kier molecular flexibility index (Phi) is 9.64. The highest BCUT2D eigenvalue weighted by atomic mass is 35.5. The van der Waals surface area contributed by atoms with Crippen molar-refractivity contribution in [2.75, 3.05) is 12.1 Å². The number of hydrogen-bond donors (Lipinski definition) is 2. The molecule has 1 atom stereocenters. The number of ether oxygens (including phenoxy) is 1. The number of ketones is 1. The highest BCUT2D eigenvalue weighted by molar-refractivity contribution is 7.89. The van der Waals surface area contributed by atoms with E-state index in [0.29, 0.717) is 28.7 Å². The maximum Gasteiger partial charge on any atom is 0.247 e. The standard InChI is InChI=1S/C30H38ClFN4O6SSi/c1-19(37)23-14-35(25-12-21(10-11-22(23)25)42-18-43(40,41)34-30(2,3)4)15-27(38)36-17-44(5,6)16-26(36)29(39)33-13-20-8-7-9-24(31)28(20)32/h7-12,14,26,34H,13,15-18H2,1-6H3,(H,33,39). The number of hydrogen-bond acceptors (Lipinski definition) is 6. The van der Waals surface area contributed by atoms with E-state index in [1.54, 1.807) is 60.7 Å². The van der Waals surface area contributed by atoms with Crippen LogP contribution in [0.5, 0.6) is 5.75 Å². The van der Waals surface area contributed by atoms with Gasteiger partial charge in [-0.2, -0.15) is 0 Å². The van der Waals surface area contributed by atoms with Crippen molar-refractivity contribution >= 4 is 58.2 Å². The van der Waals surface area contributed by atoms with E-state index in [1.165, 1.54) is 19.1 Å². The van der Waals surface area contributed by atoms with Gasteiger partial charge in [-0.05, 0) is 51.9 Å². The fraction of sp³-hybridized carbons (Fsp3) is 0.433. The summed E-state index contributed by atoms with van der Waals surface area (Å²) >= 11 is 5.87. The summed E-state index contributed by atoms with van der Waals surface area (Å²) in [4.78, 5) is 41.1. The molecule has 2 N–H and O–H groups in total. The molecule has 10 nitrogen and oxygen atoms in total. The van der Waals surface area contributed by atoms with Gasteiger partial charge in [-0.25, -0.2) is 17.5 Å². The Labute approximate surface area is 262 Å². The van der Waals surface area contributed by atoms with Gasteiger partial charge >= 0.3 is 0 Å². The molecule has 2 aromatic carbocycles. The van der Waals surface area contributed by atoms with Crippen LogP contribution in [0.4, 0.5) is 4.39 Å². The van der Waals surface area contributed by atoms with Gasteiger partial charge in [-0.3, -0.25) is 14.4 Å². The molecular formula is C30H38ClFN4O6SSi. The molecule has 1 aliphatic rings. The van der Waals surface area contributed by atoms with Crippen LogP contribution in [-0.2, 0) is 32.7 Å². The highest BCUT2D eigenvalue weighted by Gasteiger charge is 2.44. The van der Waals surface area contributed by atoms with Crippen LogP contribution in [0, 0.1) is 5.82 Å². The van der Waals surface area contributed by atoms with Crippen LogP contribution in [0.3, 0.4) is 0 Å². The van der Waals surface area contributed by atoms with E-state index >= 15 is 0 Å². The zero-order chi connectivity index (χ0) is 32.6. The van der Waals surface area contributed by atoms with Gasteiger partial charge in [0.25, 0.3) is 0 Å². The molecule has 3 aromatic rings. The first-order chi connectivity index (χ1) is 20.4. The molecule has 0 saturated carbocycles. The van der Waals surface area contributed by atoms with Crippen molar-refractivity contribution < 1.29 is 31.9 Å². The van der Waals surface area contributed by atoms with Crippen LogP contribution in [0.15, 0.2) is 42.6 Å². The predicted octanol–water partition coefficient (Wildman–Crippen LogP) is 4.47. The molecule has 1 aromatic heterocycles. The van der Waals surface area contributed by atoms with Crippen LogP contribution < -0.4 is 14.8 Å². The molecule has 2 amide bonds. The number of nitrogens with zero attached hydrogens (tertiary/aromatic N) is 2. The third kappa shape index (κ3) is 8.06. The molecule has 1 saturated heterocycles. The van der Waals surface area contributed by atoms with E-state index in [0.717, 1.165) is 0 Å². The molecule has 0 radical (unpaired) electrons. The van der Waals surface area contributed by atoms with E-state index in [1.807, 2.05) is 0 Å². The van der Waals surface area contributed by atoms with E-state index in [-0.39, 0.29) is 47.0 Å². The fourth-order valence-corrected chi connectivity index (χ4v) is 9.78. The average molecular weight is 665 g/mol. The summed E-state index contributed by atoms with van der Waals surface area (Å²) in [5, 5.41) is 3.31. The summed E-state index contributed by atoms with van der Waals surface area (Å²) in [6.07, 6.45) is 2.05. The first-order valence-corrected chi connectivity index (χ1v) is 19.6. The molecule has 0 aliphatic carbocycles. The topological polar surface area (TPSA) is 127 Å². The lowest BCUT2D eigenvalue weighted by atomic mass is 10.1. The summed E-state index contributed by atoms with van der Waals surface area (Å²) in [5.74, 6) is -1.86. The molecule has 238 valence electrons. The lowest BCUT2D eigenvalue weighted by Gasteiger charge is -2.25. The van der Waals surface area contributed by atoms with Gasteiger partial charge in [0.05, 0.1) is 18.6 Å². The van der Waals surface area contributed by atoms with Gasteiger partial charge in [-0.1, -0.05) is 36.8 Å². The number of aromatic nitrogens is 1. The van der Waals surface area contributed by atoms with Crippen molar-refractivity contribution in [3.8, 4) is 5.75 Å². The number of fused-ring (bicyclic) bond motifs is 1. The second-order valence-corrected chi connectivity index (χ2v) is 20.1. The molecule has 14 heteroatoms. The summed E-state index contributed by atoms with van der Waals surface area (Å²) in [5.41, 5.74) is 0.477. The maximum absolute atomic E-state index is 14.4. The van der Waals surface area contributed by atoms with Gasteiger partial charge < -0.3 is 19.5 Å². The lowest BCUT2D eigenvalue weighted by molar-refractivity contribution is -0.138. The van der Waals surface area contributed by atoms with Gasteiger partial charge in [0, 0.05) is 47.0 Å². The molecule has 1 unspecified atom stereocenters. The second kappa shape index (κ2) is 12.6. The Morgan fingerprint density at radius 3 is 2.52 bits per heavy atom. The monoisotopic (exact) mass is 664 g/mol. The fourth-order valence-electron chi connectivity index (χ4n) is 5.40. The van der Waals surface area contributed by atoms with Crippen LogP contribution in [-0.4, -0.2) is 67.2 Å². The quantitative estimate of drug-likeness (QED) is 0.243. The third-order valence-electron chi connectivity index (χ3n) is 7.21. The highest BCUT2D eigenvalue weighted by Crippen LogP contribution is 2.30. The Balaban J connectivity index is 1.56. The van der Waals surface area contributed by atoms with E-state index < -0.39 is 41.4 Å². The number of carbonyl (C=O) groups excluding carboxylic acids is 3. The summed E-state index contributed by atoms with van der Waals surface area (Å²) in [6.45, 7) is 10.6. The Morgan fingerprint density at radius 2 is 1.86 bits per heavy atom. The van der Waals surface area contributed by atoms with Crippen molar-refractivity contribution in [3.63, 3.8) is 0 Å². The first kappa shape index (κ1) is 33.6. The summed E-state index contributed by atoms with van der Waals surface area (Å²) in [7, 11) is -5.70. The zero-order valence-corrected chi connectivity index (χ0v) is 28.2. The van der Waals surface area contributed by atoms with Crippen molar-refractivity contribution in [3.05, 3.63) is 64.6 Å². The van der Waals surface area contributed by atoms with Crippen molar-refractivity contribution in [1.29, 1.82) is 0 Å². The molecule has 1 aliphatic heterocycles. The zero-order valence-electron chi connectivity index (χ0n) is 25.7. The smallest absolute Gasteiger partial charge is 0.247 e. The molecule has 0 spiro atoms. The molecule has 0 bridgehead atoms. The van der Waals surface area contributed by atoms with Gasteiger partial charge in [0.2, 0.25) is 27.8 Å². The number of halogens is 2. The largest absolute Gasteiger partial charge is 0.476 e. The number of carbonyl (C=O) groups is 3. The Bertz CT molecular complexity index is 1720. The maximum atomic E-state index is 14.4. The van der Waals surface area contributed by atoms with Crippen molar-refractivity contribution in [2.24, 2.45) is 0 Å². The number of amides is 2. The third-order valence-corrected chi connectivity index (χ3v) is 11.5. The van der Waals surface area contributed by atoms with Crippen molar-refractivity contribution in [1.82, 2.24) is 19.5 Å². The SMILES string of the molecule is CC(=O)c1cn(CC(=O)N2C[Si](C)(C)CC2C(=O)NCc2cccc(Cl)c2F)c2cc(OCS(=O)(=O)NC(C)(C)C)ccc12. The molecule has 44 heavy (non-hydrogen) atoms. The van der Waals surface area contributed by atoms with Crippen molar-refractivity contribution in [2.45, 2.75) is 71.5 Å². The number of Topliss-reactive ketones (excluding diaryl/α,β-unsaturated/α-hetero) is 1. The average Bonchev–Trinajstić information content (AvgIpc) is 3.43. The predicted molar refractivity (Wildman–Crippen MR) is 170 cm³/mol. The van der Waals surface area contributed by atoms with E-state index in [9.17, 15) is 27.2 Å². The minimum atomic E-state index is -3.75. The molecular weight excluding hydrogens is 627 g/mol. The molecule has 4 rings (SSSR count). The van der Waals surface area contributed by atoms with Crippen LogP contribution >= 0.6 is 11.6 Å². The Hall–Kier alpha value is -3.26. The van der Waals surface area contributed by atoms with Gasteiger partial charge in [-0.15, -0.1) is 0 Å².